The quantitative estimate of drug-likeness (QED) is 0.366. The molecule has 172 valence electrons. The van der Waals surface area contributed by atoms with Crippen molar-refractivity contribution in [1.82, 2.24) is 19.6 Å². The van der Waals surface area contributed by atoms with Gasteiger partial charge in [-0.25, -0.2) is 0 Å². The minimum absolute atomic E-state index is 0.0109. The van der Waals surface area contributed by atoms with Gasteiger partial charge in [-0.3, -0.25) is 24.5 Å². The molecule has 0 aliphatic carbocycles. The molecule has 0 bridgehead atoms. The number of hydrogen-bond acceptors (Lipinski definition) is 5. The van der Waals surface area contributed by atoms with Gasteiger partial charge in [-0.1, -0.05) is 46.3 Å². The first-order valence-electron chi connectivity index (χ1n) is 10.9. The zero-order valence-electron chi connectivity index (χ0n) is 18.7. The maximum absolute atomic E-state index is 13.1. The monoisotopic (exact) mass is 511 g/mol. The molecule has 2 heterocycles. The van der Waals surface area contributed by atoms with Crippen LogP contribution in [0.25, 0.3) is 0 Å². The molecule has 0 radical (unpaired) electrons. The van der Waals surface area contributed by atoms with Gasteiger partial charge in [0.05, 0.1) is 11.5 Å². The molecule has 33 heavy (non-hydrogen) atoms. The number of amides is 1. The first kappa shape index (κ1) is 23.1. The largest absolute Gasteiger partial charge is 0.336 e. The van der Waals surface area contributed by atoms with Gasteiger partial charge in [-0.05, 0) is 43.2 Å². The minimum atomic E-state index is -0.399. The highest BCUT2D eigenvalue weighted by molar-refractivity contribution is 9.10. The molecular formula is C24H26BrN5O3. The van der Waals surface area contributed by atoms with Crippen molar-refractivity contribution >= 4 is 27.5 Å². The van der Waals surface area contributed by atoms with Crippen molar-refractivity contribution in [1.29, 1.82) is 0 Å². The lowest BCUT2D eigenvalue weighted by Crippen LogP contribution is -2.48. The number of nitro groups is 1. The van der Waals surface area contributed by atoms with Gasteiger partial charge in [0.15, 0.2) is 0 Å². The molecule has 9 heteroatoms. The maximum atomic E-state index is 13.1. The van der Waals surface area contributed by atoms with E-state index in [1.807, 2.05) is 47.4 Å². The molecule has 0 atom stereocenters. The number of aromatic nitrogens is 2. The van der Waals surface area contributed by atoms with Gasteiger partial charge in [-0.15, -0.1) is 0 Å². The molecule has 3 aromatic rings. The van der Waals surface area contributed by atoms with Crippen molar-refractivity contribution in [3.63, 3.8) is 0 Å². The number of hydrogen-bond donors (Lipinski definition) is 0. The van der Waals surface area contributed by atoms with Crippen molar-refractivity contribution in [3.8, 4) is 0 Å². The fourth-order valence-electron chi connectivity index (χ4n) is 4.24. The molecule has 0 spiro atoms. The van der Waals surface area contributed by atoms with E-state index in [0.717, 1.165) is 29.7 Å². The Balaban J connectivity index is 1.40. The number of aryl methyl sites for hydroxylation is 1. The van der Waals surface area contributed by atoms with Crippen LogP contribution in [-0.2, 0) is 13.1 Å². The molecule has 0 saturated carbocycles. The summed E-state index contributed by atoms with van der Waals surface area (Å²) in [5.74, 6) is 0.0109. The van der Waals surface area contributed by atoms with Crippen LogP contribution in [0, 0.1) is 24.0 Å². The number of benzene rings is 2. The Morgan fingerprint density at radius 3 is 2.45 bits per heavy atom. The van der Waals surface area contributed by atoms with Crippen LogP contribution in [0.1, 0.15) is 32.9 Å². The molecule has 1 aromatic heterocycles. The summed E-state index contributed by atoms with van der Waals surface area (Å²) in [6, 6.07) is 15.7. The summed E-state index contributed by atoms with van der Waals surface area (Å²) in [4.78, 5) is 28.2. The highest BCUT2D eigenvalue weighted by Crippen LogP contribution is 2.23. The summed E-state index contributed by atoms with van der Waals surface area (Å²) in [6.45, 7) is 7.56. The zero-order chi connectivity index (χ0) is 23.5. The highest BCUT2D eigenvalue weighted by Gasteiger charge is 2.24. The maximum Gasteiger partial charge on any atom is 0.312 e. The summed E-state index contributed by atoms with van der Waals surface area (Å²) in [5.41, 5.74) is 3.70. The lowest BCUT2D eigenvalue weighted by atomic mass is 10.1. The standard InChI is InChI=1S/C24H26BrN5O3/c1-17-23(30(32)33)18(2)29(26-17)15-19-6-5-8-20(14-19)24(31)28-12-10-27(11-13-28)16-21-7-3-4-9-22(21)25/h3-9,14H,10-13,15-16H2,1-2H3. The Labute approximate surface area is 201 Å². The van der Waals surface area contributed by atoms with E-state index < -0.39 is 4.92 Å². The van der Waals surface area contributed by atoms with Crippen molar-refractivity contribution in [2.75, 3.05) is 26.2 Å². The Kier molecular flexibility index (Phi) is 6.90. The Morgan fingerprint density at radius 1 is 1.06 bits per heavy atom. The van der Waals surface area contributed by atoms with Crippen LogP contribution < -0.4 is 0 Å². The second kappa shape index (κ2) is 9.84. The average Bonchev–Trinajstić information content (AvgIpc) is 3.08. The van der Waals surface area contributed by atoms with E-state index in [2.05, 4.69) is 32.0 Å². The van der Waals surface area contributed by atoms with Crippen LogP contribution in [0.2, 0.25) is 0 Å². The molecule has 1 aliphatic heterocycles. The van der Waals surface area contributed by atoms with Crippen LogP contribution >= 0.6 is 15.9 Å². The Bertz CT molecular complexity index is 1180. The Morgan fingerprint density at radius 2 is 1.79 bits per heavy atom. The molecule has 1 amide bonds. The van der Waals surface area contributed by atoms with Crippen LogP contribution in [0.15, 0.2) is 53.0 Å². The Hall–Kier alpha value is -3.04. The summed E-state index contributed by atoms with van der Waals surface area (Å²) in [7, 11) is 0. The zero-order valence-corrected chi connectivity index (χ0v) is 20.3. The van der Waals surface area contributed by atoms with Gasteiger partial charge >= 0.3 is 5.69 Å². The molecule has 1 fully saturated rings. The summed E-state index contributed by atoms with van der Waals surface area (Å²) in [6.07, 6.45) is 0. The second-order valence-electron chi connectivity index (χ2n) is 8.29. The fourth-order valence-corrected chi connectivity index (χ4v) is 4.65. The molecule has 0 N–H and O–H groups in total. The van der Waals surface area contributed by atoms with E-state index in [1.165, 1.54) is 5.56 Å². The van der Waals surface area contributed by atoms with Crippen LogP contribution in [0.3, 0.4) is 0 Å². The summed E-state index contributed by atoms with van der Waals surface area (Å²) >= 11 is 3.61. The molecule has 1 aliphatic rings. The van der Waals surface area contributed by atoms with Gasteiger partial charge in [0, 0.05) is 42.8 Å². The summed E-state index contributed by atoms with van der Waals surface area (Å²) in [5, 5.41) is 15.6. The predicted octanol–water partition coefficient (Wildman–Crippen LogP) is 4.18. The third kappa shape index (κ3) is 5.15. The van der Waals surface area contributed by atoms with Crippen molar-refractivity contribution in [2.45, 2.75) is 26.9 Å². The molecule has 0 unspecified atom stereocenters. The van der Waals surface area contributed by atoms with Crippen molar-refractivity contribution < 1.29 is 9.72 Å². The highest BCUT2D eigenvalue weighted by atomic mass is 79.9. The number of carbonyl (C=O) groups is 1. The van der Waals surface area contributed by atoms with Crippen LogP contribution in [-0.4, -0.2) is 56.6 Å². The first-order valence-corrected chi connectivity index (χ1v) is 11.6. The lowest BCUT2D eigenvalue weighted by molar-refractivity contribution is -0.386. The molecule has 1 saturated heterocycles. The van der Waals surface area contributed by atoms with Crippen LogP contribution in [0.4, 0.5) is 5.69 Å². The third-order valence-electron chi connectivity index (χ3n) is 6.04. The lowest BCUT2D eigenvalue weighted by Gasteiger charge is -2.35. The van der Waals surface area contributed by atoms with Gasteiger partial charge in [0.25, 0.3) is 5.91 Å². The second-order valence-corrected chi connectivity index (χ2v) is 9.15. The number of halogens is 1. The molecule has 4 rings (SSSR count). The van der Waals surface area contributed by atoms with Gasteiger partial charge < -0.3 is 4.90 Å². The van der Waals surface area contributed by atoms with E-state index in [4.69, 9.17) is 0 Å². The summed E-state index contributed by atoms with van der Waals surface area (Å²) < 4.78 is 2.73. The predicted molar refractivity (Wildman–Crippen MR) is 129 cm³/mol. The molecule has 8 nitrogen and oxygen atoms in total. The molecule has 2 aromatic carbocycles. The van der Waals surface area contributed by atoms with Crippen molar-refractivity contribution in [3.05, 3.63) is 91.2 Å². The van der Waals surface area contributed by atoms with E-state index in [9.17, 15) is 14.9 Å². The minimum Gasteiger partial charge on any atom is -0.336 e. The molecular weight excluding hydrogens is 486 g/mol. The number of carbonyl (C=O) groups excluding carboxylic acids is 1. The topological polar surface area (TPSA) is 84.5 Å². The number of piperazine rings is 1. The van der Waals surface area contributed by atoms with Crippen molar-refractivity contribution in [2.24, 2.45) is 0 Å². The smallest absolute Gasteiger partial charge is 0.312 e. The van der Waals surface area contributed by atoms with E-state index in [0.29, 0.717) is 36.6 Å². The average molecular weight is 512 g/mol. The SMILES string of the molecule is Cc1nn(Cc2cccc(C(=O)N3CCN(Cc4ccccc4Br)CC3)c2)c(C)c1[N+](=O)[O-]. The number of nitrogens with zero attached hydrogens (tertiary/aromatic N) is 5. The van der Waals surface area contributed by atoms with E-state index in [1.54, 1.807) is 18.5 Å². The first-order chi connectivity index (χ1) is 15.8. The number of rotatable bonds is 6. The van der Waals surface area contributed by atoms with E-state index in [-0.39, 0.29) is 11.6 Å². The third-order valence-corrected chi connectivity index (χ3v) is 6.82. The van der Waals surface area contributed by atoms with Gasteiger partial charge in [0.2, 0.25) is 0 Å². The normalized spacial score (nSPS) is 14.5. The van der Waals surface area contributed by atoms with Gasteiger partial charge in [-0.2, -0.15) is 5.10 Å². The van der Waals surface area contributed by atoms with E-state index >= 15 is 0 Å². The fraction of sp³-hybridized carbons (Fsp3) is 0.333. The van der Waals surface area contributed by atoms with Crippen LogP contribution in [0.5, 0.6) is 0 Å². The van der Waals surface area contributed by atoms with Gasteiger partial charge in [0.1, 0.15) is 11.4 Å².